The fraction of sp³-hybridized carbons (Fsp3) is 0.333. The fourth-order valence-corrected chi connectivity index (χ4v) is 4.66. The average Bonchev–Trinajstić information content (AvgIpc) is 2.69. The van der Waals surface area contributed by atoms with Gasteiger partial charge in [0.25, 0.3) is 0 Å². The molecule has 2 aliphatic rings. The highest BCUT2D eigenvalue weighted by molar-refractivity contribution is 7.94. The number of nitrogens with two attached hydrogens (primary N) is 2. The van der Waals surface area contributed by atoms with Crippen molar-refractivity contribution in [1.29, 1.82) is 0 Å². The van der Waals surface area contributed by atoms with Crippen LogP contribution >= 0.6 is 0 Å². The molecule has 4 rings (SSSR count). The molecule has 0 atom stereocenters. The summed E-state index contributed by atoms with van der Waals surface area (Å²) in [5, 5.41) is 0. The molecule has 0 unspecified atom stereocenters. The van der Waals surface area contributed by atoms with Crippen molar-refractivity contribution in [1.82, 2.24) is 9.97 Å². The summed E-state index contributed by atoms with van der Waals surface area (Å²) < 4.78 is 28.8. The molecule has 0 amide bonds. The number of benzene rings is 1. The van der Waals surface area contributed by atoms with Crippen molar-refractivity contribution in [3.63, 3.8) is 0 Å². The van der Waals surface area contributed by atoms with Gasteiger partial charge in [0.2, 0.25) is 21.9 Å². The average molecular weight is 413 g/mol. The quantitative estimate of drug-likeness (QED) is 0.776. The largest absolute Gasteiger partial charge is 0.369 e. The predicted molar refractivity (Wildman–Crippen MR) is 110 cm³/mol. The van der Waals surface area contributed by atoms with Crippen LogP contribution in [0.3, 0.4) is 0 Å². The number of aromatic nitrogens is 2. The SMILES string of the molecule is NC1=NC2(CCCCC2)N(c2ccc(S(=O)(=O)[N-]c3ncccn3)cc2)C(N)=N1. The van der Waals surface area contributed by atoms with Gasteiger partial charge in [0.15, 0.2) is 0 Å². The number of hydrogen-bond donors (Lipinski definition) is 2. The first-order valence-corrected chi connectivity index (χ1v) is 10.7. The summed E-state index contributed by atoms with van der Waals surface area (Å²) in [7, 11) is -3.94. The Morgan fingerprint density at radius 1 is 1.00 bits per heavy atom. The Labute approximate surface area is 168 Å². The normalized spacial score (nSPS) is 18.8. The molecule has 1 fully saturated rings. The number of guanidine groups is 2. The highest BCUT2D eigenvalue weighted by atomic mass is 32.2. The number of rotatable bonds is 4. The topological polar surface area (TPSA) is 154 Å². The number of sulfonamides is 1. The van der Waals surface area contributed by atoms with Crippen LogP contribution < -0.4 is 16.4 Å². The lowest BCUT2D eigenvalue weighted by molar-refractivity contribution is 0.305. The van der Waals surface area contributed by atoms with E-state index in [1.807, 2.05) is 4.90 Å². The van der Waals surface area contributed by atoms with Crippen LogP contribution in [-0.4, -0.2) is 36.0 Å². The van der Waals surface area contributed by atoms with Crippen LogP contribution in [-0.2, 0) is 10.0 Å². The summed E-state index contributed by atoms with van der Waals surface area (Å²) in [4.78, 5) is 18.3. The first kappa shape index (κ1) is 19.1. The van der Waals surface area contributed by atoms with Crippen molar-refractivity contribution in [3.8, 4) is 0 Å². The van der Waals surface area contributed by atoms with Gasteiger partial charge in [-0.2, -0.15) is 4.99 Å². The first-order valence-electron chi connectivity index (χ1n) is 9.24. The Balaban J connectivity index is 1.64. The third-order valence-corrected chi connectivity index (χ3v) is 6.27. The Morgan fingerprint density at radius 2 is 1.66 bits per heavy atom. The highest BCUT2D eigenvalue weighted by Crippen LogP contribution is 2.39. The summed E-state index contributed by atoms with van der Waals surface area (Å²) >= 11 is 0. The van der Waals surface area contributed by atoms with Crippen LogP contribution in [0.4, 0.5) is 11.6 Å². The van der Waals surface area contributed by atoms with Crippen LogP contribution in [0.5, 0.6) is 0 Å². The molecule has 10 nitrogen and oxygen atoms in total. The number of nitrogens with zero attached hydrogens (tertiary/aromatic N) is 6. The summed E-state index contributed by atoms with van der Waals surface area (Å²) in [6.45, 7) is 0. The van der Waals surface area contributed by atoms with Crippen LogP contribution in [0.1, 0.15) is 32.1 Å². The van der Waals surface area contributed by atoms with Crippen molar-refractivity contribution in [2.75, 3.05) is 4.90 Å². The standard InChI is InChI=1S/C18H21N8O2S/c19-15-23-16(20)26(18(24-15)9-2-1-3-10-18)13-5-7-14(8-6-13)29(27,28)25-17-21-11-4-12-22-17/h4-8,11-12H,1-3,9-10H2,(H4-,19,20,21,22,23,24,25)/q-1. The fourth-order valence-electron chi connectivity index (χ4n) is 3.76. The van der Waals surface area contributed by atoms with E-state index in [-0.39, 0.29) is 22.8 Å². The molecular weight excluding hydrogens is 392 g/mol. The Morgan fingerprint density at radius 3 is 2.31 bits per heavy atom. The Kier molecular flexibility index (Phi) is 4.82. The van der Waals surface area contributed by atoms with E-state index < -0.39 is 15.7 Å². The van der Waals surface area contributed by atoms with Gasteiger partial charge in [-0.1, -0.05) is 12.5 Å². The molecule has 1 aliphatic heterocycles. The van der Waals surface area contributed by atoms with Crippen molar-refractivity contribution < 1.29 is 8.42 Å². The third-order valence-electron chi connectivity index (χ3n) is 5.00. The van der Waals surface area contributed by atoms with E-state index in [0.717, 1.165) is 32.1 Å². The minimum absolute atomic E-state index is 0.0296. The molecule has 152 valence electrons. The minimum Gasteiger partial charge on any atom is -0.369 e. The Bertz CT molecular complexity index is 1050. The van der Waals surface area contributed by atoms with Gasteiger partial charge in [-0.05, 0) is 62.3 Å². The lowest BCUT2D eigenvalue weighted by Crippen LogP contribution is -2.58. The van der Waals surface area contributed by atoms with Gasteiger partial charge in [0.05, 0.1) is 4.90 Å². The van der Waals surface area contributed by atoms with Gasteiger partial charge >= 0.3 is 0 Å². The molecule has 2 heterocycles. The summed E-state index contributed by atoms with van der Waals surface area (Å²) in [5.41, 5.74) is 12.2. The molecule has 0 bridgehead atoms. The molecule has 0 saturated heterocycles. The van der Waals surface area contributed by atoms with Gasteiger partial charge in [-0.3, -0.25) is 9.62 Å². The molecular formula is C18H21N8O2S-. The molecule has 1 spiro atoms. The van der Waals surface area contributed by atoms with E-state index in [9.17, 15) is 8.42 Å². The maximum atomic E-state index is 12.5. The second-order valence-corrected chi connectivity index (χ2v) is 8.53. The van der Waals surface area contributed by atoms with E-state index in [1.54, 1.807) is 18.2 Å². The molecule has 1 aromatic carbocycles. The van der Waals surface area contributed by atoms with Crippen LogP contribution in [0.25, 0.3) is 4.72 Å². The molecule has 0 radical (unpaired) electrons. The van der Waals surface area contributed by atoms with Crippen LogP contribution in [0, 0.1) is 0 Å². The van der Waals surface area contributed by atoms with Crippen LogP contribution in [0.15, 0.2) is 57.6 Å². The van der Waals surface area contributed by atoms with E-state index >= 15 is 0 Å². The molecule has 4 N–H and O–H groups in total. The number of aliphatic imine (C=N–C) groups is 2. The molecule has 11 heteroatoms. The van der Waals surface area contributed by atoms with Gasteiger partial charge < -0.3 is 21.4 Å². The number of hydrogen-bond acceptors (Lipinski definition) is 9. The molecule has 29 heavy (non-hydrogen) atoms. The van der Waals surface area contributed by atoms with Crippen molar-refractivity contribution in [2.45, 2.75) is 42.7 Å². The van der Waals surface area contributed by atoms with E-state index in [0.29, 0.717) is 5.69 Å². The predicted octanol–water partition coefficient (Wildman–Crippen LogP) is 1.98. The van der Waals surface area contributed by atoms with E-state index in [1.165, 1.54) is 24.5 Å². The highest BCUT2D eigenvalue weighted by Gasteiger charge is 2.42. The lowest BCUT2D eigenvalue weighted by Gasteiger charge is -2.45. The summed E-state index contributed by atoms with van der Waals surface area (Å²) in [5.74, 6) is 0.300. The van der Waals surface area contributed by atoms with E-state index in [2.05, 4.69) is 24.7 Å². The third kappa shape index (κ3) is 3.73. The van der Waals surface area contributed by atoms with Crippen molar-refractivity contribution in [2.24, 2.45) is 21.5 Å². The zero-order chi connectivity index (χ0) is 20.5. The molecule has 2 aromatic rings. The summed E-state index contributed by atoms with van der Waals surface area (Å²) in [6.07, 6.45) is 7.58. The van der Waals surface area contributed by atoms with E-state index in [4.69, 9.17) is 11.5 Å². The van der Waals surface area contributed by atoms with Crippen molar-refractivity contribution >= 4 is 33.6 Å². The monoisotopic (exact) mass is 413 g/mol. The zero-order valence-electron chi connectivity index (χ0n) is 15.6. The first-order chi connectivity index (χ1) is 13.9. The lowest BCUT2D eigenvalue weighted by atomic mass is 9.87. The second kappa shape index (κ2) is 7.32. The molecule has 1 saturated carbocycles. The Hall–Kier alpha value is -3.21. The second-order valence-electron chi connectivity index (χ2n) is 6.93. The van der Waals surface area contributed by atoms with Gasteiger partial charge in [0.1, 0.15) is 5.66 Å². The minimum atomic E-state index is -3.94. The zero-order valence-corrected chi connectivity index (χ0v) is 16.5. The van der Waals surface area contributed by atoms with Gasteiger partial charge in [0, 0.05) is 11.6 Å². The maximum Gasteiger partial charge on any atom is 0.229 e. The van der Waals surface area contributed by atoms with Gasteiger partial charge in [-0.15, -0.1) is 0 Å². The van der Waals surface area contributed by atoms with Gasteiger partial charge in [-0.25, -0.2) is 13.4 Å². The summed E-state index contributed by atoms with van der Waals surface area (Å²) in [6, 6.07) is 7.88. The van der Waals surface area contributed by atoms with Crippen molar-refractivity contribution in [3.05, 3.63) is 47.4 Å². The maximum absolute atomic E-state index is 12.5. The smallest absolute Gasteiger partial charge is 0.229 e. The molecule has 1 aromatic heterocycles. The van der Waals surface area contributed by atoms with Crippen LogP contribution in [0.2, 0.25) is 0 Å². The molecule has 1 aliphatic carbocycles. The number of anilines is 1.